The number of amides is 1. The lowest BCUT2D eigenvalue weighted by molar-refractivity contribution is 0.0996. The molecule has 1 aromatic rings. The van der Waals surface area contributed by atoms with Crippen molar-refractivity contribution in [3.8, 4) is 0 Å². The predicted octanol–water partition coefficient (Wildman–Crippen LogP) is 0.657. The van der Waals surface area contributed by atoms with Gasteiger partial charge in [0.15, 0.2) is 22.5 Å². The van der Waals surface area contributed by atoms with Gasteiger partial charge in [-0.25, -0.2) is 9.97 Å². The van der Waals surface area contributed by atoms with Gasteiger partial charge in [0, 0.05) is 13.1 Å². The molecular formula is C9H14ClN5O. The minimum Gasteiger partial charge on any atom is -0.382 e. The SMILES string of the molecule is CCN(CC)c1nc(N)c(C(N)=O)nc1Cl. The second kappa shape index (κ2) is 4.98. The molecule has 16 heavy (non-hydrogen) atoms. The largest absolute Gasteiger partial charge is 0.382 e. The van der Waals surface area contributed by atoms with Crippen LogP contribution in [-0.4, -0.2) is 29.0 Å². The van der Waals surface area contributed by atoms with Gasteiger partial charge in [-0.1, -0.05) is 11.6 Å². The van der Waals surface area contributed by atoms with Gasteiger partial charge in [-0.05, 0) is 13.8 Å². The average Bonchev–Trinajstić information content (AvgIpc) is 2.23. The zero-order valence-corrected chi connectivity index (χ0v) is 9.95. The van der Waals surface area contributed by atoms with Gasteiger partial charge in [0.1, 0.15) is 0 Å². The van der Waals surface area contributed by atoms with E-state index in [1.54, 1.807) is 0 Å². The fraction of sp³-hybridized carbons (Fsp3) is 0.444. The number of carbonyl (C=O) groups excluding carboxylic acids is 1. The highest BCUT2D eigenvalue weighted by atomic mass is 35.5. The Morgan fingerprint density at radius 1 is 1.38 bits per heavy atom. The number of nitrogen functional groups attached to an aromatic ring is 1. The Morgan fingerprint density at radius 3 is 2.38 bits per heavy atom. The molecule has 4 N–H and O–H groups in total. The zero-order valence-electron chi connectivity index (χ0n) is 9.20. The van der Waals surface area contributed by atoms with E-state index in [9.17, 15) is 4.79 Å². The van der Waals surface area contributed by atoms with Crippen molar-refractivity contribution >= 4 is 29.1 Å². The van der Waals surface area contributed by atoms with Crippen LogP contribution < -0.4 is 16.4 Å². The molecule has 0 aliphatic heterocycles. The van der Waals surface area contributed by atoms with Gasteiger partial charge in [0.2, 0.25) is 0 Å². The number of nitrogens with zero attached hydrogens (tertiary/aromatic N) is 3. The number of aromatic nitrogens is 2. The lowest BCUT2D eigenvalue weighted by atomic mass is 10.4. The first-order valence-electron chi connectivity index (χ1n) is 4.89. The van der Waals surface area contributed by atoms with E-state index in [0.717, 1.165) is 13.1 Å². The second-order valence-electron chi connectivity index (χ2n) is 3.11. The Hall–Kier alpha value is -1.56. The fourth-order valence-electron chi connectivity index (χ4n) is 1.32. The Balaban J connectivity index is 3.24. The van der Waals surface area contributed by atoms with Crippen LogP contribution in [0.4, 0.5) is 11.6 Å². The van der Waals surface area contributed by atoms with Crippen LogP contribution in [0.1, 0.15) is 24.3 Å². The normalized spacial score (nSPS) is 10.2. The summed E-state index contributed by atoms with van der Waals surface area (Å²) in [6.45, 7) is 5.36. The molecule has 0 bridgehead atoms. The number of hydrogen-bond donors (Lipinski definition) is 2. The minimum atomic E-state index is -0.738. The molecular weight excluding hydrogens is 230 g/mol. The van der Waals surface area contributed by atoms with Crippen LogP contribution in [0.2, 0.25) is 5.15 Å². The number of rotatable bonds is 4. The molecule has 0 aliphatic carbocycles. The van der Waals surface area contributed by atoms with Crippen molar-refractivity contribution < 1.29 is 4.79 Å². The highest BCUT2D eigenvalue weighted by Gasteiger charge is 2.17. The summed E-state index contributed by atoms with van der Waals surface area (Å²) in [5.74, 6) is -0.272. The summed E-state index contributed by atoms with van der Waals surface area (Å²) in [5.41, 5.74) is 10.6. The topological polar surface area (TPSA) is 98.1 Å². The van der Waals surface area contributed by atoms with E-state index in [2.05, 4.69) is 9.97 Å². The van der Waals surface area contributed by atoms with Crippen LogP contribution in [0.25, 0.3) is 0 Å². The molecule has 0 spiro atoms. The van der Waals surface area contributed by atoms with Gasteiger partial charge >= 0.3 is 0 Å². The molecule has 0 saturated carbocycles. The fourth-order valence-corrected chi connectivity index (χ4v) is 1.57. The van der Waals surface area contributed by atoms with Gasteiger partial charge in [0.25, 0.3) is 5.91 Å². The minimum absolute atomic E-state index is 0.00111. The van der Waals surface area contributed by atoms with Crippen molar-refractivity contribution in [3.63, 3.8) is 0 Å². The van der Waals surface area contributed by atoms with Crippen LogP contribution in [0.3, 0.4) is 0 Å². The number of carbonyl (C=O) groups is 1. The maximum absolute atomic E-state index is 11.0. The maximum Gasteiger partial charge on any atom is 0.271 e. The quantitative estimate of drug-likeness (QED) is 0.809. The average molecular weight is 244 g/mol. The maximum atomic E-state index is 11.0. The van der Waals surface area contributed by atoms with Gasteiger partial charge in [-0.2, -0.15) is 0 Å². The van der Waals surface area contributed by atoms with Crippen LogP contribution in [0.15, 0.2) is 0 Å². The smallest absolute Gasteiger partial charge is 0.271 e. The molecule has 0 atom stereocenters. The van der Waals surface area contributed by atoms with Gasteiger partial charge in [0.05, 0.1) is 0 Å². The van der Waals surface area contributed by atoms with E-state index < -0.39 is 5.91 Å². The molecule has 6 nitrogen and oxygen atoms in total. The lowest BCUT2D eigenvalue weighted by Crippen LogP contribution is -2.25. The molecule has 7 heteroatoms. The summed E-state index contributed by atoms with van der Waals surface area (Å²) in [5, 5.41) is 0.131. The Morgan fingerprint density at radius 2 is 1.94 bits per heavy atom. The van der Waals surface area contributed by atoms with Crippen molar-refractivity contribution in [1.29, 1.82) is 0 Å². The Kier molecular flexibility index (Phi) is 3.89. The van der Waals surface area contributed by atoms with E-state index >= 15 is 0 Å². The molecule has 1 aromatic heterocycles. The molecule has 0 fully saturated rings. The molecule has 1 amide bonds. The van der Waals surface area contributed by atoms with Crippen LogP contribution in [0, 0.1) is 0 Å². The van der Waals surface area contributed by atoms with E-state index in [-0.39, 0.29) is 16.7 Å². The van der Waals surface area contributed by atoms with Crippen molar-refractivity contribution in [2.75, 3.05) is 23.7 Å². The van der Waals surface area contributed by atoms with Gasteiger partial charge in [-0.15, -0.1) is 0 Å². The van der Waals surface area contributed by atoms with Crippen molar-refractivity contribution in [1.82, 2.24) is 9.97 Å². The van der Waals surface area contributed by atoms with Crippen molar-refractivity contribution in [2.45, 2.75) is 13.8 Å². The second-order valence-corrected chi connectivity index (χ2v) is 3.47. The standard InChI is InChI=1S/C9H14ClN5O/c1-3-15(4-2)9-6(10)13-5(8(12)16)7(11)14-9/h3-4H2,1-2H3,(H2,11,14)(H2,12,16). The summed E-state index contributed by atoms with van der Waals surface area (Å²) < 4.78 is 0. The highest BCUT2D eigenvalue weighted by molar-refractivity contribution is 6.32. The molecule has 1 rings (SSSR count). The summed E-state index contributed by atoms with van der Waals surface area (Å²) in [7, 11) is 0. The molecule has 0 saturated heterocycles. The van der Waals surface area contributed by atoms with Gasteiger partial charge < -0.3 is 16.4 Å². The van der Waals surface area contributed by atoms with E-state index in [4.69, 9.17) is 23.1 Å². The number of anilines is 2. The summed E-state index contributed by atoms with van der Waals surface area (Å²) >= 11 is 5.92. The monoisotopic (exact) mass is 243 g/mol. The lowest BCUT2D eigenvalue weighted by Gasteiger charge is -2.20. The molecule has 0 aromatic carbocycles. The third-order valence-electron chi connectivity index (χ3n) is 2.16. The van der Waals surface area contributed by atoms with Gasteiger partial charge in [-0.3, -0.25) is 4.79 Å². The predicted molar refractivity (Wildman–Crippen MR) is 63.5 cm³/mol. The Labute approximate surface area is 98.6 Å². The van der Waals surface area contributed by atoms with E-state index in [0.29, 0.717) is 5.82 Å². The van der Waals surface area contributed by atoms with Crippen molar-refractivity contribution in [3.05, 3.63) is 10.8 Å². The first kappa shape index (κ1) is 12.5. The molecule has 0 radical (unpaired) electrons. The molecule has 0 unspecified atom stereocenters. The van der Waals surface area contributed by atoms with Crippen LogP contribution in [-0.2, 0) is 0 Å². The first-order chi connectivity index (χ1) is 7.51. The number of hydrogen-bond acceptors (Lipinski definition) is 5. The molecule has 0 aliphatic rings. The highest BCUT2D eigenvalue weighted by Crippen LogP contribution is 2.23. The van der Waals surface area contributed by atoms with Crippen LogP contribution >= 0.6 is 11.6 Å². The van der Waals surface area contributed by atoms with E-state index in [1.807, 2.05) is 18.7 Å². The number of halogens is 1. The third kappa shape index (κ3) is 2.33. The first-order valence-corrected chi connectivity index (χ1v) is 5.26. The molecule has 1 heterocycles. The van der Waals surface area contributed by atoms with Crippen molar-refractivity contribution in [2.24, 2.45) is 5.73 Å². The summed E-state index contributed by atoms with van der Waals surface area (Å²) in [6.07, 6.45) is 0. The zero-order chi connectivity index (χ0) is 12.3. The summed E-state index contributed by atoms with van der Waals surface area (Å²) in [6, 6.07) is 0. The number of nitrogens with two attached hydrogens (primary N) is 2. The number of primary amides is 1. The molecule has 88 valence electrons. The van der Waals surface area contributed by atoms with E-state index in [1.165, 1.54) is 0 Å². The summed E-state index contributed by atoms with van der Waals surface area (Å²) in [4.78, 5) is 20.7. The Bertz CT molecular complexity index is 405. The third-order valence-corrected chi connectivity index (χ3v) is 2.41. The van der Waals surface area contributed by atoms with Crippen LogP contribution in [0.5, 0.6) is 0 Å².